The average molecular weight is 265 g/mol. The van der Waals surface area contributed by atoms with Crippen LogP contribution in [0, 0.1) is 0 Å². The fourth-order valence-electron chi connectivity index (χ4n) is 1.95. The minimum Gasteiger partial charge on any atom is -0.494 e. The summed E-state index contributed by atoms with van der Waals surface area (Å²) in [6.07, 6.45) is 3.73. The van der Waals surface area contributed by atoms with Crippen LogP contribution in [-0.4, -0.2) is 17.7 Å². The van der Waals surface area contributed by atoms with E-state index < -0.39 is 0 Å². The molecule has 1 atom stereocenters. The van der Waals surface area contributed by atoms with E-state index in [0.29, 0.717) is 13.0 Å². The number of amides is 1. The summed E-state index contributed by atoms with van der Waals surface area (Å²) in [6.45, 7) is 4.85. The Bertz CT molecular complexity index is 375. The van der Waals surface area contributed by atoms with Crippen molar-refractivity contribution >= 4 is 5.91 Å². The molecule has 2 N–H and O–H groups in total. The fraction of sp³-hybridized carbons (Fsp3) is 0.533. The van der Waals surface area contributed by atoms with E-state index in [4.69, 9.17) is 9.94 Å². The first kappa shape index (κ1) is 15.5. The molecule has 0 aliphatic rings. The van der Waals surface area contributed by atoms with E-state index in [9.17, 15) is 4.79 Å². The molecule has 0 bridgehead atoms. The molecule has 106 valence electrons. The summed E-state index contributed by atoms with van der Waals surface area (Å²) in [5.74, 6) is 0.151. The van der Waals surface area contributed by atoms with Crippen molar-refractivity contribution in [3.8, 4) is 5.75 Å². The molecule has 0 aromatic heterocycles. The van der Waals surface area contributed by atoms with Crippen LogP contribution in [0.15, 0.2) is 24.3 Å². The SMILES string of the molecule is CCCCOc1ccc(C(CCC)C(=O)NO)cc1. The topological polar surface area (TPSA) is 58.6 Å². The largest absolute Gasteiger partial charge is 0.494 e. The first-order valence-corrected chi connectivity index (χ1v) is 6.89. The van der Waals surface area contributed by atoms with Gasteiger partial charge in [0.15, 0.2) is 0 Å². The van der Waals surface area contributed by atoms with Gasteiger partial charge in [-0.2, -0.15) is 0 Å². The second-order valence-electron chi connectivity index (χ2n) is 4.59. The Morgan fingerprint density at radius 1 is 1.26 bits per heavy atom. The van der Waals surface area contributed by atoms with Crippen molar-refractivity contribution in [3.05, 3.63) is 29.8 Å². The lowest BCUT2D eigenvalue weighted by molar-refractivity contribution is -0.130. The standard InChI is InChI=1S/C15H23NO3/c1-3-5-11-19-13-9-7-12(8-10-13)14(6-4-2)15(17)16-18/h7-10,14,18H,3-6,11H2,1-2H3,(H,16,17). The number of carbonyl (C=O) groups is 1. The van der Waals surface area contributed by atoms with Gasteiger partial charge in [0.1, 0.15) is 5.75 Å². The molecular formula is C15H23NO3. The van der Waals surface area contributed by atoms with Crippen molar-refractivity contribution in [2.75, 3.05) is 6.61 Å². The Balaban J connectivity index is 2.69. The van der Waals surface area contributed by atoms with Crippen LogP contribution in [0.4, 0.5) is 0 Å². The van der Waals surface area contributed by atoms with Gasteiger partial charge in [-0.3, -0.25) is 10.0 Å². The van der Waals surface area contributed by atoms with Gasteiger partial charge in [-0.1, -0.05) is 38.8 Å². The number of unbranched alkanes of at least 4 members (excludes halogenated alkanes) is 1. The van der Waals surface area contributed by atoms with Crippen molar-refractivity contribution in [1.82, 2.24) is 5.48 Å². The molecule has 1 aromatic rings. The van der Waals surface area contributed by atoms with Crippen LogP contribution >= 0.6 is 0 Å². The number of hydroxylamine groups is 1. The lowest BCUT2D eigenvalue weighted by Crippen LogP contribution is -2.26. The molecule has 1 amide bonds. The van der Waals surface area contributed by atoms with E-state index in [2.05, 4.69) is 6.92 Å². The third kappa shape index (κ3) is 4.91. The molecule has 0 radical (unpaired) electrons. The summed E-state index contributed by atoms with van der Waals surface area (Å²) < 4.78 is 5.58. The zero-order valence-electron chi connectivity index (χ0n) is 11.7. The number of nitrogens with one attached hydrogen (secondary N) is 1. The van der Waals surface area contributed by atoms with Gasteiger partial charge in [0.25, 0.3) is 5.91 Å². The first-order chi connectivity index (χ1) is 9.22. The summed E-state index contributed by atoms with van der Waals surface area (Å²) in [5, 5.41) is 8.77. The Morgan fingerprint density at radius 2 is 1.95 bits per heavy atom. The van der Waals surface area contributed by atoms with Gasteiger partial charge in [0.05, 0.1) is 12.5 Å². The van der Waals surface area contributed by atoms with Gasteiger partial charge in [-0.25, -0.2) is 5.48 Å². The van der Waals surface area contributed by atoms with Gasteiger partial charge in [-0.05, 0) is 30.5 Å². The summed E-state index contributed by atoms with van der Waals surface area (Å²) in [4.78, 5) is 11.6. The fourth-order valence-corrected chi connectivity index (χ4v) is 1.95. The van der Waals surface area contributed by atoms with Crippen LogP contribution in [0.5, 0.6) is 5.75 Å². The normalized spacial score (nSPS) is 11.9. The summed E-state index contributed by atoms with van der Waals surface area (Å²) >= 11 is 0. The van der Waals surface area contributed by atoms with E-state index in [1.807, 2.05) is 31.2 Å². The molecule has 0 spiro atoms. The predicted molar refractivity (Wildman–Crippen MR) is 74.4 cm³/mol. The maximum atomic E-state index is 11.6. The summed E-state index contributed by atoms with van der Waals surface area (Å²) in [7, 11) is 0. The number of carbonyl (C=O) groups excluding carboxylic acids is 1. The highest BCUT2D eigenvalue weighted by Gasteiger charge is 2.19. The van der Waals surface area contributed by atoms with E-state index in [1.165, 1.54) is 0 Å². The van der Waals surface area contributed by atoms with E-state index >= 15 is 0 Å². The molecule has 0 saturated heterocycles. The van der Waals surface area contributed by atoms with E-state index in [0.717, 1.165) is 30.6 Å². The monoisotopic (exact) mass is 265 g/mol. The predicted octanol–water partition coefficient (Wildman–Crippen LogP) is 3.25. The Kier molecular flexibility index (Phi) is 6.97. The highest BCUT2D eigenvalue weighted by molar-refractivity contribution is 5.82. The van der Waals surface area contributed by atoms with E-state index in [-0.39, 0.29) is 11.8 Å². The number of ether oxygens (including phenoxy) is 1. The Morgan fingerprint density at radius 3 is 2.47 bits per heavy atom. The zero-order valence-corrected chi connectivity index (χ0v) is 11.7. The highest BCUT2D eigenvalue weighted by Crippen LogP contribution is 2.24. The Hall–Kier alpha value is -1.55. The van der Waals surface area contributed by atoms with Crippen molar-refractivity contribution in [1.29, 1.82) is 0 Å². The molecule has 0 aliphatic carbocycles. The molecule has 1 rings (SSSR count). The quantitative estimate of drug-likeness (QED) is 0.431. The van der Waals surface area contributed by atoms with Crippen LogP contribution in [0.2, 0.25) is 0 Å². The molecule has 4 nitrogen and oxygen atoms in total. The van der Waals surface area contributed by atoms with E-state index in [1.54, 1.807) is 5.48 Å². The van der Waals surface area contributed by atoms with Crippen molar-refractivity contribution in [2.24, 2.45) is 0 Å². The van der Waals surface area contributed by atoms with Gasteiger partial charge in [0, 0.05) is 0 Å². The minimum absolute atomic E-state index is 0.306. The third-order valence-electron chi connectivity index (χ3n) is 3.05. The molecule has 19 heavy (non-hydrogen) atoms. The summed E-state index contributed by atoms with van der Waals surface area (Å²) in [6, 6.07) is 7.52. The zero-order chi connectivity index (χ0) is 14.1. The number of hydrogen-bond donors (Lipinski definition) is 2. The summed E-state index contributed by atoms with van der Waals surface area (Å²) in [5.41, 5.74) is 2.63. The lowest BCUT2D eigenvalue weighted by Gasteiger charge is -2.15. The second-order valence-corrected chi connectivity index (χ2v) is 4.59. The lowest BCUT2D eigenvalue weighted by atomic mass is 9.94. The van der Waals surface area contributed by atoms with Crippen molar-refractivity contribution < 1.29 is 14.7 Å². The maximum absolute atomic E-state index is 11.6. The smallest absolute Gasteiger partial charge is 0.250 e. The average Bonchev–Trinajstić information content (AvgIpc) is 2.45. The third-order valence-corrected chi connectivity index (χ3v) is 3.05. The molecule has 0 aliphatic heterocycles. The van der Waals surface area contributed by atoms with Gasteiger partial charge in [-0.15, -0.1) is 0 Å². The van der Waals surface area contributed by atoms with Crippen molar-refractivity contribution in [3.63, 3.8) is 0 Å². The van der Waals surface area contributed by atoms with Gasteiger partial charge in [0.2, 0.25) is 0 Å². The highest BCUT2D eigenvalue weighted by atomic mass is 16.5. The van der Waals surface area contributed by atoms with Gasteiger partial charge >= 0.3 is 0 Å². The first-order valence-electron chi connectivity index (χ1n) is 6.89. The Labute approximate surface area is 114 Å². The molecule has 4 heteroatoms. The number of rotatable bonds is 8. The van der Waals surface area contributed by atoms with Crippen LogP contribution in [0.1, 0.15) is 51.0 Å². The van der Waals surface area contributed by atoms with Gasteiger partial charge < -0.3 is 4.74 Å². The molecule has 0 fully saturated rings. The maximum Gasteiger partial charge on any atom is 0.250 e. The number of benzene rings is 1. The molecule has 1 aromatic carbocycles. The van der Waals surface area contributed by atoms with Crippen LogP contribution in [0.3, 0.4) is 0 Å². The second kappa shape index (κ2) is 8.53. The van der Waals surface area contributed by atoms with Crippen LogP contribution < -0.4 is 10.2 Å². The molecule has 1 unspecified atom stereocenters. The molecule has 0 heterocycles. The number of hydrogen-bond acceptors (Lipinski definition) is 3. The van der Waals surface area contributed by atoms with Crippen LogP contribution in [0.25, 0.3) is 0 Å². The van der Waals surface area contributed by atoms with Crippen LogP contribution in [-0.2, 0) is 4.79 Å². The molecular weight excluding hydrogens is 242 g/mol. The molecule has 0 saturated carbocycles. The minimum atomic E-state index is -0.360. The van der Waals surface area contributed by atoms with Crippen molar-refractivity contribution in [2.45, 2.75) is 45.4 Å².